The lowest BCUT2D eigenvalue weighted by Crippen LogP contribution is -2.51. The van der Waals surface area contributed by atoms with Crippen molar-refractivity contribution < 1.29 is 0 Å². The molecule has 21 heavy (non-hydrogen) atoms. The van der Waals surface area contributed by atoms with Gasteiger partial charge in [0, 0.05) is 12.1 Å². The van der Waals surface area contributed by atoms with Gasteiger partial charge >= 0.3 is 0 Å². The summed E-state index contributed by atoms with van der Waals surface area (Å²) in [5.74, 6) is 0.856. The molecule has 1 aliphatic carbocycles. The Morgan fingerprint density at radius 2 is 1.76 bits per heavy atom. The minimum absolute atomic E-state index is 0.325. The van der Waals surface area contributed by atoms with Crippen molar-refractivity contribution in [3.05, 3.63) is 35.9 Å². The first-order valence-electron chi connectivity index (χ1n) is 8.60. The van der Waals surface area contributed by atoms with E-state index in [4.69, 9.17) is 5.73 Å². The van der Waals surface area contributed by atoms with Crippen LogP contribution in [0.15, 0.2) is 30.3 Å². The first kappa shape index (κ1) is 15.1. The summed E-state index contributed by atoms with van der Waals surface area (Å²) in [6, 6.07) is 11.9. The third-order valence-electron chi connectivity index (χ3n) is 5.89. The van der Waals surface area contributed by atoms with E-state index in [-0.39, 0.29) is 0 Å². The molecule has 2 N–H and O–H groups in total. The van der Waals surface area contributed by atoms with Gasteiger partial charge in [-0.25, -0.2) is 0 Å². The Bertz CT molecular complexity index is 446. The van der Waals surface area contributed by atoms with Gasteiger partial charge in [-0.3, -0.25) is 4.90 Å². The molecular weight excluding hydrogens is 256 g/mol. The molecule has 0 spiro atoms. The van der Waals surface area contributed by atoms with E-state index in [1.165, 1.54) is 50.8 Å². The third kappa shape index (κ3) is 3.32. The Morgan fingerprint density at radius 3 is 2.33 bits per heavy atom. The fraction of sp³-hybridized carbons (Fsp3) is 0.684. The molecule has 1 aromatic carbocycles. The number of hydrogen-bond acceptors (Lipinski definition) is 2. The Balaban J connectivity index is 1.52. The van der Waals surface area contributed by atoms with Crippen molar-refractivity contribution >= 4 is 0 Å². The summed E-state index contributed by atoms with van der Waals surface area (Å²) in [6.45, 7) is 7.15. The number of likely N-dealkylation sites (tertiary alicyclic amines) is 1. The van der Waals surface area contributed by atoms with Gasteiger partial charge in [0.1, 0.15) is 0 Å². The normalized spacial score (nSPS) is 30.6. The Labute approximate surface area is 129 Å². The van der Waals surface area contributed by atoms with Gasteiger partial charge in [0.25, 0.3) is 0 Å². The average molecular weight is 286 g/mol. The second-order valence-electron chi connectivity index (χ2n) is 7.79. The molecule has 116 valence electrons. The highest BCUT2D eigenvalue weighted by Gasteiger charge is 2.42. The predicted octanol–water partition coefficient (Wildman–Crippen LogP) is 3.46. The quantitative estimate of drug-likeness (QED) is 0.922. The summed E-state index contributed by atoms with van der Waals surface area (Å²) in [5, 5.41) is 0. The summed E-state index contributed by atoms with van der Waals surface area (Å²) < 4.78 is 0. The zero-order valence-electron chi connectivity index (χ0n) is 13.6. The number of nitrogens with two attached hydrogens (primary N) is 1. The lowest BCUT2D eigenvalue weighted by atomic mass is 9.85. The molecule has 1 saturated carbocycles. The van der Waals surface area contributed by atoms with Crippen LogP contribution in [0.25, 0.3) is 0 Å². The summed E-state index contributed by atoms with van der Waals surface area (Å²) in [5.41, 5.74) is 8.32. The summed E-state index contributed by atoms with van der Waals surface area (Å²) >= 11 is 0. The van der Waals surface area contributed by atoms with Crippen LogP contribution < -0.4 is 5.73 Å². The van der Waals surface area contributed by atoms with Crippen molar-refractivity contribution in [1.82, 2.24) is 4.90 Å². The number of rotatable bonds is 3. The number of nitrogens with zero attached hydrogens (tertiary/aromatic N) is 1. The van der Waals surface area contributed by atoms with Crippen molar-refractivity contribution in [2.75, 3.05) is 13.1 Å². The van der Waals surface area contributed by atoms with Crippen molar-refractivity contribution in [2.45, 2.75) is 58.0 Å². The van der Waals surface area contributed by atoms with Crippen LogP contribution in [0.5, 0.6) is 0 Å². The van der Waals surface area contributed by atoms with E-state index in [0.29, 0.717) is 17.5 Å². The van der Waals surface area contributed by atoms with E-state index in [2.05, 4.69) is 49.1 Å². The second-order valence-corrected chi connectivity index (χ2v) is 7.79. The molecule has 1 heterocycles. The molecule has 2 fully saturated rings. The molecule has 1 aromatic rings. The molecule has 2 heteroatoms. The first-order chi connectivity index (χ1) is 10.1. The zero-order valence-corrected chi connectivity index (χ0v) is 13.6. The summed E-state index contributed by atoms with van der Waals surface area (Å²) in [4.78, 5) is 2.68. The van der Waals surface area contributed by atoms with E-state index in [0.717, 1.165) is 5.92 Å². The van der Waals surface area contributed by atoms with Gasteiger partial charge in [0.15, 0.2) is 0 Å². The Kier molecular flexibility index (Phi) is 4.37. The van der Waals surface area contributed by atoms with Gasteiger partial charge in [0.2, 0.25) is 0 Å². The Morgan fingerprint density at radius 1 is 1.10 bits per heavy atom. The molecule has 2 unspecified atom stereocenters. The first-order valence-corrected chi connectivity index (χ1v) is 8.60. The van der Waals surface area contributed by atoms with E-state index in [1.807, 2.05) is 0 Å². The molecule has 3 rings (SSSR count). The molecule has 1 aliphatic heterocycles. The molecule has 0 radical (unpaired) electrons. The van der Waals surface area contributed by atoms with Crippen LogP contribution >= 0.6 is 0 Å². The van der Waals surface area contributed by atoms with E-state index < -0.39 is 0 Å². The minimum Gasteiger partial charge on any atom is -0.326 e. The standard InChI is InChI=1S/C19H30N2/c1-19(2)11-8-17(18(19)20)21-12-9-16(10-13-21)14-15-6-4-3-5-7-15/h3-7,16-18H,8-14,20H2,1-2H3. The summed E-state index contributed by atoms with van der Waals surface area (Å²) in [6.07, 6.45) is 6.48. The molecule has 2 nitrogen and oxygen atoms in total. The van der Waals surface area contributed by atoms with Crippen LogP contribution in [0.4, 0.5) is 0 Å². The number of hydrogen-bond donors (Lipinski definition) is 1. The van der Waals surface area contributed by atoms with Gasteiger partial charge in [-0.05, 0) is 62.1 Å². The topological polar surface area (TPSA) is 29.3 Å². The lowest BCUT2D eigenvalue weighted by molar-refractivity contribution is 0.114. The monoisotopic (exact) mass is 286 g/mol. The van der Waals surface area contributed by atoms with Gasteiger partial charge in [-0.2, -0.15) is 0 Å². The highest BCUT2D eigenvalue weighted by atomic mass is 15.2. The van der Waals surface area contributed by atoms with Crippen LogP contribution in [-0.2, 0) is 6.42 Å². The van der Waals surface area contributed by atoms with Gasteiger partial charge < -0.3 is 5.73 Å². The smallest absolute Gasteiger partial charge is 0.0252 e. The van der Waals surface area contributed by atoms with Gasteiger partial charge in [-0.15, -0.1) is 0 Å². The minimum atomic E-state index is 0.325. The molecular formula is C19H30N2. The predicted molar refractivity (Wildman–Crippen MR) is 89.2 cm³/mol. The highest BCUT2D eigenvalue weighted by molar-refractivity contribution is 5.15. The van der Waals surface area contributed by atoms with Crippen LogP contribution in [0.3, 0.4) is 0 Å². The number of piperidine rings is 1. The second kappa shape index (κ2) is 6.10. The third-order valence-corrected chi connectivity index (χ3v) is 5.89. The maximum Gasteiger partial charge on any atom is 0.0252 e. The average Bonchev–Trinajstić information content (AvgIpc) is 2.76. The largest absolute Gasteiger partial charge is 0.326 e. The lowest BCUT2D eigenvalue weighted by Gasteiger charge is -2.39. The molecule has 0 amide bonds. The number of benzene rings is 1. The SMILES string of the molecule is CC1(C)CCC(N2CCC(Cc3ccccc3)CC2)C1N. The van der Waals surface area contributed by atoms with Gasteiger partial charge in [-0.1, -0.05) is 44.2 Å². The highest BCUT2D eigenvalue weighted by Crippen LogP contribution is 2.39. The fourth-order valence-electron chi connectivity index (χ4n) is 4.23. The fourth-order valence-corrected chi connectivity index (χ4v) is 4.23. The van der Waals surface area contributed by atoms with Gasteiger partial charge in [0.05, 0.1) is 0 Å². The van der Waals surface area contributed by atoms with E-state index in [1.54, 1.807) is 0 Å². The maximum absolute atomic E-state index is 6.50. The molecule has 0 aromatic heterocycles. The Hall–Kier alpha value is -0.860. The van der Waals surface area contributed by atoms with Crippen molar-refractivity contribution in [1.29, 1.82) is 0 Å². The van der Waals surface area contributed by atoms with Crippen molar-refractivity contribution in [2.24, 2.45) is 17.1 Å². The van der Waals surface area contributed by atoms with Crippen molar-refractivity contribution in [3.63, 3.8) is 0 Å². The van der Waals surface area contributed by atoms with E-state index in [9.17, 15) is 0 Å². The van der Waals surface area contributed by atoms with Crippen LogP contribution in [0, 0.1) is 11.3 Å². The molecule has 2 atom stereocenters. The van der Waals surface area contributed by atoms with E-state index >= 15 is 0 Å². The maximum atomic E-state index is 6.50. The summed E-state index contributed by atoms with van der Waals surface area (Å²) in [7, 11) is 0. The van der Waals surface area contributed by atoms with Crippen LogP contribution in [0.1, 0.15) is 45.1 Å². The molecule has 0 bridgehead atoms. The molecule has 1 saturated heterocycles. The van der Waals surface area contributed by atoms with Crippen LogP contribution in [0.2, 0.25) is 0 Å². The van der Waals surface area contributed by atoms with Crippen LogP contribution in [-0.4, -0.2) is 30.1 Å². The molecule has 2 aliphatic rings. The zero-order chi connectivity index (χ0) is 14.9. The van der Waals surface area contributed by atoms with Crippen molar-refractivity contribution in [3.8, 4) is 0 Å².